The normalized spacial score (nSPS) is 11.7. The summed E-state index contributed by atoms with van der Waals surface area (Å²) < 4.78 is 7.43. The van der Waals surface area contributed by atoms with Crippen LogP contribution in [0.3, 0.4) is 0 Å². The van der Waals surface area contributed by atoms with Crippen LogP contribution in [0, 0.1) is 13.8 Å². The van der Waals surface area contributed by atoms with E-state index in [1.807, 2.05) is 24.6 Å². The third-order valence-electron chi connectivity index (χ3n) is 4.02. The SMILES string of the molecule is C=CCN(CC=C)C(=O)C(C)NC(=O)c1ccc(Cn2nc(C)cc2C)o1. The predicted octanol–water partition coefficient (Wildman–Crippen LogP) is 2.46. The quantitative estimate of drug-likeness (QED) is 0.688. The van der Waals surface area contributed by atoms with Crippen molar-refractivity contribution in [2.75, 3.05) is 13.1 Å². The van der Waals surface area contributed by atoms with Gasteiger partial charge in [-0.15, -0.1) is 13.2 Å². The molecule has 1 N–H and O–H groups in total. The molecule has 0 spiro atoms. The Morgan fingerprint density at radius 2 is 1.96 bits per heavy atom. The molecule has 1 atom stereocenters. The molecule has 27 heavy (non-hydrogen) atoms. The van der Waals surface area contributed by atoms with Crippen LogP contribution >= 0.6 is 0 Å². The molecule has 0 fully saturated rings. The van der Waals surface area contributed by atoms with E-state index in [9.17, 15) is 9.59 Å². The van der Waals surface area contributed by atoms with Crippen LogP contribution in [-0.2, 0) is 11.3 Å². The zero-order valence-electron chi connectivity index (χ0n) is 16.1. The van der Waals surface area contributed by atoms with Crippen molar-refractivity contribution in [2.45, 2.75) is 33.4 Å². The van der Waals surface area contributed by atoms with E-state index in [0.29, 0.717) is 25.4 Å². The Morgan fingerprint density at radius 3 is 2.52 bits per heavy atom. The van der Waals surface area contributed by atoms with Crippen molar-refractivity contribution in [1.29, 1.82) is 0 Å². The summed E-state index contributed by atoms with van der Waals surface area (Å²) in [6.07, 6.45) is 3.27. The first-order valence-corrected chi connectivity index (χ1v) is 8.77. The van der Waals surface area contributed by atoms with Gasteiger partial charge in [-0.25, -0.2) is 0 Å². The minimum atomic E-state index is -0.693. The first-order valence-electron chi connectivity index (χ1n) is 8.77. The Labute approximate surface area is 159 Å². The Kier molecular flexibility index (Phi) is 6.76. The van der Waals surface area contributed by atoms with Gasteiger partial charge in [0.2, 0.25) is 5.91 Å². The van der Waals surface area contributed by atoms with Crippen molar-refractivity contribution in [2.24, 2.45) is 0 Å². The Balaban J connectivity index is 2.00. The first-order chi connectivity index (χ1) is 12.8. The number of amides is 2. The lowest BCUT2D eigenvalue weighted by atomic mass is 10.2. The van der Waals surface area contributed by atoms with Gasteiger partial charge in [0.05, 0.1) is 12.2 Å². The number of nitrogens with zero attached hydrogens (tertiary/aromatic N) is 3. The zero-order chi connectivity index (χ0) is 20.0. The zero-order valence-corrected chi connectivity index (χ0v) is 16.1. The molecule has 0 bridgehead atoms. The first kappa shape index (κ1) is 20.2. The van der Waals surface area contributed by atoms with Gasteiger partial charge in [-0.3, -0.25) is 14.3 Å². The van der Waals surface area contributed by atoms with Crippen LogP contribution in [-0.4, -0.2) is 45.6 Å². The highest BCUT2D eigenvalue weighted by atomic mass is 16.4. The van der Waals surface area contributed by atoms with Gasteiger partial charge in [0.15, 0.2) is 5.76 Å². The van der Waals surface area contributed by atoms with Crippen LogP contribution < -0.4 is 5.32 Å². The molecule has 1 unspecified atom stereocenters. The highest BCUT2D eigenvalue weighted by Gasteiger charge is 2.22. The van der Waals surface area contributed by atoms with E-state index in [1.165, 1.54) is 0 Å². The highest BCUT2D eigenvalue weighted by Crippen LogP contribution is 2.12. The summed E-state index contributed by atoms with van der Waals surface area (Å²) in [4.78, 5) is 26.4. The average Bonchev–Trinajstić information content (AvgIpc) is 3.20. The molecular formula is C20H26N4O3. The molecule has 7 heteroatoms. The molecule has 7 nitrogen and oxygen atoms in total. The molecule has 0 saturated carbocycles. The number of aromatic nitrogens is 2. The maximum atomic E-state index is 12.4. The maximum absolute atomic E-state index is 12.4. The van der Waals surface area contributed by atoms with Crippen molar-refractivity contribution in [3.05, 3.63) is 66.4 Å². The molecular weight excluding hydrogens is 344 g/mol. The predicted molar refractivity (Wildman–Crippen MR) is 103 cm³/mol. The summed E-state index contributed by atoms with van der Waals surface area (Å²) in [5, 5.41) is 7.05. The fraction of sp³-hybridized carbons (Fsp3) is 0.350. The minimum absolute atomic E-state index is 0.158. The molecule has 0 aromatic carbocycles. The lowest BCUT2D eigenvalue weighted by molar-refractivity contribution is -0.131. The van der Waals surface area contributed by atoms with E-state index < -0.39 is 11.9 Å². The molecule has 0 aliphatic heterocycles. The molecule has 144 valence electrons. The Bertz CT molecular complexity index is 824. The fourth-order valence-electron chi connectivity index (χ4n) is 2.74. The van der Waals surface area contributed by atoms with E-state index in [4.69, 9.17) is 4.42 Å². The van der Waals surface area contributed by atoms with Crippen molar-refractivity contribution >= 4 is 11.8 Å². The second-order valence-corrected chi connectivity index (χ2v) is 6.37. The molecule has 0 aliphatic carbocycles. The van der Waals surface area contributed by atoms with E-state index in [0.717, 1.165) is 11.4 Å². The van der Waals surface area contributed by atoms with E-state index in [-0.39, 0.29) is 11.7 Å². The smallest absolute Gasteiger partial charge is 0.287 e. The molecule has 0 radical (unpaired) electrons. The number of rotatable bonds is 9. The van der Waals surface area contributed by atoms with Crippen LogP contribution in [0.5, 0.6) is 0 Å². The summed E-state index contributed by atoms with van der Waals surface area (Å²) in [5.74, 6) is 0.126. The highest BCUT2D eigenvalue weighted by molar-refractivity contribution is 5.95. The topological polar surface area (TPSA) is 80.4 Å². The average molecular weight is 370 g/mol. The van der Waals surface area contributed by atoms with Gasteiger partial charge in [-0.05, 0) is 39.0 Å². The number of hydrogen-bond donors (Lipinski definition) is 1. The van der Waals surface area contributed by atoms with Crippen molar-refractivity contribution in [1.82, 2.24) is 20.0 Å². The lowest BCUT2D eigenvalue weighted by Gasteiger charge is -2.23. The van der Waals surface area contributed by atoms with E-state index in [1.54, 1.807) is 36.1 Å². The molecule has 2 amide bonds. The molecule has 2 aromatic rings. The number of aryl methyl sites for hydroxylation is 2. The third kappa shape index (κ3) is 5.20. The number of nitrogens with one attached hydrogen (secondary N) is 1. The van der Waals surface area contributed by atoms with Crippen molar-refractivity contribution < 1.29 is 14.0 Å². The number of carbonyl (C=O) groups excluding carboxylic acids is 2. The summed E-state index contributed by atoms with van der Waals surface area (Å²) in [6.45, 7) is 14.0. The van der Waals surface area contributed by atoms with Crippen LogP contribution in [0.25, 0.3) is 0 Å². The Hall–Kier alpha value is -3.09. The summed E-state index contributed by atoms with van der Waals surface area (Å²) >= 11 is 0. The van der Waals surface area contributed by atoms with Crippen LogP contribution in [0.15, 0.2) is 47.9 Å². The molecule has 2 aromatic heterocycles. The second-order valence-electron chi connectivity index (χ2n) is 6.37. The monoisotopic (exact) mass is 370 g/mol. The minimum Gasteiger partial charge on any atom is -0.454 e. The Morgan fingerprint density at radius 1 is 1.30 bits per heavy atom. The number of carbonyl (C=O) groups is 2. The van der Waals surface area contributed by atoms with Crippen molar-refractivity contribution in [3.63, 3.8) is 0 Å². The molecule has 2 heterocycles. The standard InChI is InChI=1S/C20H26N4O3/c1-6-10-23(11-7-2)20(26)16(5)21-19(25)18-9-8-17(27-18)13-24-15(4)12-14(3)22-24/h6-9,12,16H,1-2,10-11,13H2,3-5H3,(H,21,25). The van der Waals surface area contributed by atoms with Crippen LogP contribution in [0.2, 0.25) is 0 Å². The summed E-state index contributed by atoms with van der Waals surface area (Å²) in [5.41, 5.74) is 1.94. The van der Waals surface area contributed by atoms with Gasteiger partial charge < -0.3 is 14.6 Å². The largest absolute Gasteiger partial charge is 0.454 e. The second kappa shape index (κ2) is 9.02. The van der Waals surface area contributed by atoms with Crippen LogP contribution in [0.4, 0.5) is 0 Å². The summed E-state index contributed by atoms with van der Waals surface area (Å²) in [6, 6.07) is 4.61. The molecule has 2 rings (SSSR count). The third-order valence-corrected chi connectivity index (χ3v) is 4.02. The van der Waals surface area contributed by atoms with Gasteiger partial charge in [0.25, 0.3) is 5.91 Å². The number of hydrogen-bond acceptors (Lipinski definition) is 4. The van der Waals surface area contributed by atoms with Gasteiger partial charge in [-0.1, -0.05) is 12.2 Å². The molecule has 0 aliphatic rings. The van der Waals surface area contributed by atoms with Crippen LogP contribution in [0.1, 0.15) is 34.6 Å². The maximum Gasteiger partial charge on any atom is 0.287 e. The summed E-state index contributed by atoms with van der Waals surface area (Å²) in [7, 11) is 0. The van der Waals surface area contributed by atoms with E-state index in [2.05, 4.69) is 23.6 Å². The lowest BCUT2D eigenvalue weighted by Crippen LogP contribution is -2.47. The van der Waals surface area contributed by atoms with Crippen molar-refractivity contribution in [3.8, 4) is 0 Å². The van der Waals surface area contributed by atoms with E-state index >= 15 is 0 Å². The molecule has 0 saturated heterocycles. The number of furan rings is 1. The van der Waals surface area contributed by atoms with Gasteiger partial charge >= 0.3 is 0 Å². The van der Waals surface area contributed by atoms with Gasteiger partial charge in [-0.2, -0.15) is 5.10 Å². The fourth-order valence-corrected chi connectivity index (χ4v) is 2.74. The van der Waals surface area contributed by atoms with Gasteiger partial charge in [0, 0.05) is 18.8 Å². The van der Waals surface area contributed by atoms with Gasteiger partial charge in [0.1, 0.15) is 11.8 Å².